The Morgan fingerprint density at radius 1 is 1.42 bits per heavy atom. The molecule has 0 aliphatic rings. The number of hydrogen-bond acceptors (Lipinski definition) is 2. The maximum Gasteiger partial charge on any atom is 0.150 e. The topological polar surface area (TPSA) is 29.9 Å². The average Bonchev–Trinajstić information content (AvgIpc) is 2.53. The second-order valence-electron chi connectivity index (χ2n) is 4.08. The van der Waals surface area contributed by atoms with Crippen LogP contribution in [0.4, 0.5) is 14.5 Å². The molecule has 0 saturated carbocycles. The van der Waals surface area contributed by atoms with Crippen LogP contribution in [0, 0.1) is 18.6 Å². The maximum atomic E-state index is 13.6. The van der Waals surface area contributed by atoms with Crippen molar-refractivity contribution in [1.29, 1.82) is 0 Å². The van der Waals surface area contributed by atoms with E-state index in [9.17, 15) is 8.78 Å². The first-order chi connectivity index (χ1) is 8.90. The van der Waals surface area contributed by atoms with E-state index in [1.54, 1.807) is 11.7 Å². The third kappa shape index (κ3) is 2.90. The van der Waals surface area contributed by atoms with Crippen molar-refractivity contribution in [2.75, 3.05) is 5.32 Å². The van der Waals surface area contributed by atoms with Gasteiger partial charge in [0.05, 0.1) is 11.4 Å². The van der Waals surface area contributed by atoms with Gasteiger partial charge in [0.25, 0.3) is 0 Å². The minimum absolute atomic E-state index is 0.195. The second kappa shape index (κ2) is 5.46. The lowest BCUT2D eigenvalue weighted by Crippen LogP contribution is -2.04. The van der Waals surface area contributed by atoms with E-state index in [0.29, 0.717) is 16.2 Å². The first-order valence-electron chi connectivity index (χ1n) is 5.46. The standard InChI is InChI=1S/C12H11BrClF2N3/c1-6-8(12(14)19(2)18-6)5-17-11-9(13)3-7(15)4-10(11)16/h3-4,17H,5H2,1-2H3. The first-order valence-corrected chi connectivity index (χ1v) is 6.63. The van der Waals surface area contributed by atoms with Gasteiger partial charge >= 0.3 is 0 Å². The Morgan fingerprint density at radius 2 is 2.11 bits per heavy atom. The van der Waals surface area contributed by atoms with Crippen molar-refractivity contribution < 1.29 is 8.78 Å². The van der Waals surface area contributed by atoms with Crippen LogP contribution in [0.1, 0.15) is 11.3 Å². The number of halogens is 4. The maximum absolute atomic E-state index is 13.6. The smallest absolute Gasteiger partial charge is 0.150 e. The average molecular weight is 351 g/mol. The van der Waals surface area contributed by atoms with E-state index in [4.69, 9.17) is 11.6 Å². The van der Waals surface area contributed by atoms with Gasteiger partial charge in [0.2, 0.25) is 0 Å². The van der Waals surface area contributed by atoms with Gasteiger partial charge in [-0.15, -0.1) is 0 Å². The van der Waals surface area contributed by atoms with Gasteiger partial charge < -0.3 is 5.32 Å². The Labute approximate surface area is 122 Å². The Balaban J connectivity index is 2.24. The molecule has 19 heavy (non-hydrogen) atoms. The van der Waals surface area contributed by atoms with Crippen LogP contribution in [0.25, 0.3) is 0 Å². The van der Waals surface area contributed by atoms with Crippen LogP contribution in [0.2, 0.25) is 5.15 Å². The molecule has 7 heteroatoms. The van der Waals surface area contributed by atoms with Crippen molar-refractivity contribution in [3.63, 3.8) is 0 Å². The molecule has 0 saturated heterocycles. The highest BCUT2D eigenvalue weighted by atomic mass is 79.9. The first kappa shape index (κ1) is 14.3. The highest BCUT2D eigenvalue weighted by molar-refractivity contribution is 9.10. The normalized spacial score (nSPS) is 10.8. The van der Waals surface area contributed by atoms with Gasteiger partial charge in [-0.1, -0.05) is 11.6 Å². The summed E-state index contributed by atoms with van der Waals surface area (Å²) in [6.07, 6.45) is 0. The number of hydrogen-bond donors (Lipinski definition) is 1. The number of nitrogens with zero attached hydrogens (tertiary/aromatic N) is 2. The summed E-state index contributed by atoms with van der Waals surface area (Å²) >= 11 is 9.20. The van der Waals surface area contributed by atoms with E-state index in [1.807, 2.05) is 6.92 Å². The fourth-order valence-corrected chi connectivity index (χ4v) is 2.55. The van der Waals surface area contributed by atoms with Crippen LogP contribution in [-0.2, 0) is 13.6 Å². The quantitative estimate of drug-likeness (QED) is 0.905. The van der Waals surface area contributed by atoms with Crippen molar-refractivity contribution in [1.82, 2.24) is 9.78 Å². The van der Waals surface area contributed by atoms with Gasteiger partial charge in [-0.05, 0) is 28.9 Å². The van der Waals surface area contributed by atoms with E-state index in [1.165, 1.54) is 6.07 Å². The van der Waals surface area contributed by atoms with Crippen molar-refractivity contribution in [2.45, 2.75) is 13.5 Å². The summed E-state index contributed by atoms with van der Waals surface area (Å²) in [7, 11) is 1.73. The van der Waals surface area contributed by atoms with E-state index < -0.39 is 11.6 Å². The fraction of sp³-hybridized carbons (Fsp3) is 0.250. The lowest BCUT2D eigenvalue weighted by atomic mass is 10.2. The number of aromatic nitrogens is 2. The van der Waals surface area contributed by atoms with Gasteiger partial charge in [-0.2, -0.15) is 5.10 Å². The number of aryl methyl sites for hydroxylation is 2. The van der Waals surface area contributed by atoms with Gasteiger partial charge in [-0.25, -0.2) is 8.78 Å². The van der Waals surface area contributed by atoms with Gasteiger partial charge in [0, 0.05) is 29.7 Å². The molecule has 0 atom stereocenters. The molecule has 0 spiro atoms. The van der Waals surface area contributed by atoms with Crippen LogP contribution in [0.3, 0.4) is 0 Å². The summed E-state index contributed by atoms with van der Waals surface area (Å²) in [6, 6.07) is 2.02. The monoisotopic (exact) mass is 349 g/mol. The zero-order valence-electron chi connectivity index (χ0n) is 10.3. The summed E-state index contributed by atoms with van der Waals surface area (Å²) in [4.78, 5) is 0. The molecule has 0 amide bonds. The molecule has 2 aromatic rings. The molecule has 0 unspecified atom stereocenters. The van der Waals surface area contributed by atoms with Crippen LogP contribution in [-0.4, -0.2) is 9.78 Å². The Bertz CT molecular complexity index is 605. The molecule has 3 nitrogen and oxygen atoms in total. The summed E-state index contributed by atoms with van der Waals surface area (Å²) in [5.74, 6) is -1.30. The number of benzene rings is 1. The van der Waals surface area contributed by atoms with Crippen LogP contribution >= 0.6 is 27.5 Å². The van der Waals surface area contributed by atoms with Crippen LogP contribution in [0.5, 0.6) is 0 Å². The molecule has 0 aliphatic heterocycles. The van der Waals surface area contributed by atoms with Crippen LogP contribution < -0.4 is 5.32 Å². The number of anilines is 1. The minimum Gasteiger partial charge on any atom is -0.377 e. The predicted octanol–water partition coefficient (Wildman–Crippen LogP) is 4.03. The zero-order valence-corrected chi connectivity index (χ0v) is 12.6. The molecule has 1 aromatic carbocycles. The van der Waals surface area contributed by atoms with Crippen LogP contribution in [0.15, 0.2) is 16.6 Å². The van der Waals surface area contributed by atoms with Crippen molar-refractivity contribution in [2.24, 2.45) is 7.05 Å². The SMILES string of the molecule is Cc1nn(C)c(Cl)c1CNc1c(F)cc(F)cc1Br. The van der Waals surface area contributed by atoms with E-state index >= 15 is 0 Å². The third-order valence-corrected chi connectivity index (χ3v) is 3.82. The molecular formula is C12H11BrClF2N3. The molecule has 102 valence electrons. The third-order valence-electron chi connectivity index (χ3n) is 2.72. The molecule has 1 heterocycles. The predicted molar refractivity (Wildman–Crippen MR) is 74.3 cm³/mol. The van der Waals surface area contributed by atoms with Gasteiger partial charge in [0.1, 0.15) is 16.8 Å². The Kier molecular flexibility index (Phi) is 4.10. The second-order valence-corrected chi connectivity index (χ2v) is 5.29. The van der Waals surface area contributed by atoms with E-state index in [2.05, 4.69) is 26.3 Å². The minimum atomic E-state index is -0.662. The van der Waals surface area contributed by atoms with Gasteiger partial charge in [-0.3, -0.25) is 4.68 Å². The molecule has 2 rings (SSSR count). The highest BCUT2D eigenvalue weighted by Gasteiger charge is 2.14. The summed E-state index contributed by atoms with van der Waals surface area (Å²) < 4.78 is 28.5. The Hall–Kier alpha value is -1.14. The largest absolute Gasteiger partial charge is 0.377 e. The molecule has 0 aliphatic carbocycles. The van der Waals surface area contributed by atoms with E-state index in [0.717, 1.165) is 17.3 Å². The molecule has 0 radical (unpaired) electrons. The van der Waals surface area contributed by atoms with Crippen molar-refractivity contribution in [3.8, 4) is 0 Å². The summed E-state index contributed by atoms with van der Waals surface area (Å²) in [5, 5.41) is 7.54. The fourth-order valence-electron chi connectivity index (χ4n) is 1.76. The lowest BCUT2D eigenvalue weighted by molar-refractivity contribution is 0.583. The number of rotatable bonds is 3. The summed E-state index contributed by atoms with van der Waals surface area (Å²) in [6.45, 7) is 2.12. The van der Waals surface area contributed by atoms with Gasteiger partial charge in [0.15, 0.2) is 0 Å². The highest BCUT2D eigenvalue weighted by Crippen LogP contribution is 2.28. The Morgan fingerprint density at radius 3 is 2.63 bits per heavy atom. The zero-order chi connectivity index (χ0) is 14.2. The van der Waals surface area contributed by atoms with Crippen molar-refractivity contribution in [3.05, 3.63) is 44.7 Å². The molecule has 0 fully saturated rings. The number of nitrogens with one attached hydrogen (secondary N) is 1. The van der Waals surface area contributed by atoms with Crippen molar-refractivity contribution >= 4 is 33.2 Å². The lowest BCUT2D eigenvalue weighted by Gasteiger charge is -2.10. The summed E-state index contributed by atoms with van der Waals surface area (Å²) in [5.41, 5.74) is 1.74. The molecular weight excluding hydrogens is 340 g/mol. The molecule has 0 bridgehead atoms. The van der Waals surface area contributed by atoms with E-state index in [-0.39, 0.29) is 5.69 Å². The molecule has 1 N–H and O–H groups in total. The molecule has 1 aromatic heterocycles.